The average Bonchev–Trinajstić information content (AvgIpc) is 3.01. The van der Waals surface area contributed by atoms with E-state index in [0.29, 0.717) is 6.42 Å². The lowest BCUT2D eigenvalue weighted by Gasteiger charge is -2.37. The molecule has 1 aromatic heterocycles. The van der Waals surface area contributed by atoms with Crippen molar-refractivity contribution in [2.75, 3.05) is 31.1 Å². The van der Waals surface area contributed by atoms with Gasteiger partial charge in [-0.15, -0.1) is 0 Å². The molecule has 5 rings (SSSR count). The summed E-state index contributed by atoms with van der Waals surface area (Å²) >= 11 is 0. The van der Waals surface area contributed by atoms with Gasteiger partial charge in [-0.3, -0.25) is 14.7 Å². The Labute approximate surface area is 188 Å². The zero-order valence-electron chi connectivity index (χ0n) is 18.6. The van der Waals surface area contributed by atoms with Crippen LogP contribution in [0.15, 0.2) is 59.4 Å². The summed E-state index contributed by atoms with van der Waals surface area (Å²) in [5.74, 6) is 0.244. The predicted octanol–water partition coefficient (Wildman–Crippen LogP) is 3.32. The number of rotatable bonds is 3. The highest BCUT2D eigenvalue weighted by molar-refractivity contribution is 5.79. The summed E-state index contributed by atoms with van der Waals surface area (Å²) in [6.07, 6.45) is 2.93. The predicted molar refractivity (Wildman–Crippen MR) is 126 cm³/mol. The monoisotopic (exact) mass is 430 g/mol. The summed E-state index contributed by atoms with van der Waals surface area (Å²) in [5, 5.41) is 3.31. The number of nitrogens with one attached hydrogen (secondary N) is 1. The first-order valence-corrected chi connectivity index (χ1v) is 11.6. The molecule has 6 nitrogen and oxygen atoms in total. The van der Waals surface area contributed by atoms with Gasteiger partial charge in [-0.2, -0.15) is 0 Å². The molecule has 3 aromatic rings. The molecule has 166 valence electrons. The number of nitrogens with zero attached hydrogens (tertiary/aromatic N) is 3. The van der Waals surface area contributed by atoms with E-state index in [1.54, 1.807) is 4.68 Å². The standard InChI is InChI=1S/C26H30N4O2/c1-19-7-11-22(12-8-19)30-26(32)23-13-9-20(10-14-24(23)27-30)25(31)29-17-15-28(16-18-29)21-5-3-2-4-6-21/h2-8,11-12,20,27H,9-10,13-18H2,1H3. The molecule has 0 radical (unpaired) electrons. The van der Waals surface area contributed by atoms with Gasteiger partial charge in [-0.25, -0.2) is 4.68 Å². The molecule has 32 heavy (non-hydrogen) atoms. The molecule has 1 saturated heterocycles. The van der Waals surface area contributed by atoms with Crippen LogP contribution in [0.2, 0.25) is 0 Å². The molecule has 1 amide bonds. The van der Waals surface area contributed by atoms with Crippen LogP contribution in [0.25, 0.3) is 5.69 Å². The third-order valence-corrected chi connectivity index (χ3v) is 6.91. The fraction of sp³-hybridized carbons (Fsp3) is 0.385. The third kappa shape index (κ3) is 3.97. The number of carbonyl (C=O) groups is 1. The van der Waals surface area contributed by atoms with Gasteiger partial charge in [0.15, 0.2) is 0 Å². The normalized spacial score (nSPS) is 18.8. The van der Waals surface area contributed by atoms with Crippen LogP contribution < -0.4 is 10.5 Å². The summed E-state index contributed by atoms with van der Waals surface area (Å²) in [4.78, 5) is 30.6. The number of anilines is 1. The van der Waals surface area contributed by atoms with E-state index in [1.165, 1.54) is 11.3 Å². The van der Waals surface area contributed by atoms with Gasteiger partial charge in [0.05, 0.1) is 5.69 Å². The number of fused-ring (bicyclic) bond motifs is 1. The lowest BCUT2D eigenvalue weighted by Crippen LogP contribution is -2.50. The summed E-state index contributed by atoms with van der Waals surface area (Å²) in [7, 11) is 0. The molecule has 0 saturated carbocycles. The molecule has 6 heteroatoms. The maximum Gasteiger partial charge on any atom is 0.274 e. The van der Waals surface area contributed by atoms with E-state index >= 15 is 0 Å². The SMILES string of the molecule is Cc1ccc(-n2[nH]c3c(c2=O)CCC(C(=O)N2CCN(c4ccccc4)CC2)CC3)cc1. The van der Waals surface area contributed by atoms with Gasteiger partial charge in [-0.05, 0) is 56.9 Å². The van der Waals surface area contributed by atoms with Gasteiger partial charge in [0, 0.05) is 49.0 Å². The third-order valence-electron chi connectivity index (χ3n) is 6.91. The van der Waals surface area contributed by atoms with Crippen molar-refractivity contribution in [1.29, 1.82) is 0 Å². The van der Waals surface area contributed by atoms with Crippen molar-refractivity contribution >= 4 is 11.6 Å². The van der Waals surface area contributed by atoms with Crippen LogP contribution in [0.1, 0.15) is 29.7 Å². The van der Waals surface area contributed by atoms with Crippen LogP contribution in [0.3, 0.4) is 0 Å². The summed E-state index contributed by atoms with van der Waals surface area (Å²) in [6.45, 7) is 5.28. The molecule has 2 aromatic carbocycles. The Morgan fingerprint density at radius 2 is 1.56 bits per heavy atom. The molecule has 1 aliphatic heterocycles. The molecular weight excluding hydrogens is 400 g/mol. The molecule has 1 aliphatic carbocycles. The molecule has 0 spiro atoms. The van der Waals surface area contributed by atoms with Gasteiger partial charge >= 0.3 is 0 Å². The van der Waals surface area contributed by atoms with E-state index in [0.717, 1.165) is 62.4 Å². The Balaban J connectivity index is 1.23. The van der Waals surface area contributed by atoms with Crippen LogP contribution in [-0.4, -0.2) is 46.8 Å². The number of hydrogen-bond acceptors (Lipinski definition) is 3. The number of H-pyrrole nitrogens is 1. The maximum absolute atomic E-state index is 13.2. The van der Waals surface area contributed by atoms with Crippen LogP contribution in [0.4, 0.5) is 5.69 Å². The summed E-state index contributed by atoms with van der Waals surface area (Å²) in [6, 6.07) is 18.3. The fourth-order valence-corrected chi connectivity index (χ4v) is 4.97. The first-order chi connectivity index (χ1) is 15.6. The minimum atomic E-state index is -0.00806. The fourth-order valence-electron chi connectivity index (χ4n) is 4.97. The molecule has 1 unspecified atom stereocenters. The van der Waals surface area contributed by atoms with Gasteiger partial charge in [0.2, 0.25) is 5.91 Å². The van der Waals surface area contributed by atoms with Crippen molar-refractivity contribution in [1.82, 2.24) is 14.7 Å². The smallest absolute Gasteiger partial charge is 0.274 e. The largest absolute Gasteiger partial charge is 0.368 e. The number of aromatic nitrogens is 2. The number of piperazine rings is 1. The summed E-state index contributed by atoms with van der Waals surface area (Å²) < 4.78 is 1.65. The van der Waals surface area contributed by atoms with E-state index in [-0.39, 0.29) is 17.4 Å². The second kappa shape index (κ2) is 8.69. The topological polar surface area (TPSA) is 61.3 Å². The van der Waals surface area contributed by atoms with E-state index in [2.05, 4.69) is 34.3 Å². The lowest BCUT2D eigenvalue weighted by molar-refractivity contribution is -0.136. The Hall–Kier alpha value is -3.28. The van der Waals surface area contributed by atoms with Crippen LogP contribution in [-0.2, 0) is 17.6 Å². The number of aromatic amines is 1. The van der Waals surface area contributed by atoms with Crippen molar-refractivity contribution in [2.24, 2.45) is 5.92 Å². The number of carbonyl (C=O) groups excluding carboxylic acids is 1. The Morgan fingerprint density at radius 3 is 2.28 bits per heavy atom. The van der Waals surface area contributed by atoms with Gasteiger partial charge in [-0.1, -0.05) is 35.9 Å². The second-order valence-electron chi connectivity index (χ2n) is 8.97. The minimum Gasteiger partial charge on any atom is -0.368 e. The Kier molecular flexibility index (Phi) is 5.60. The zero-order chi connectivity index (χ0) is 22.1. The van der Waals surface area contributed by atoms with Crippen LogP contribution in [0.5, 0.6) is 0 Å². The molecule has 1 N–H and O–H groups in total. The molecule has 1 atom stereocenters. The minimum absolute atomic E-state index is 0.00806. The second-order valence-corrected chi connectivity index (χ2v) is 8.97. The molecule has 0 bridgehead atoms. The highest BCUT2D eigenvalue weighted by Gasteiger charge is 2.30. The highest BCUT2D eigenvalue weighted by Crippen LogP contribution is 2.25. The number of para-hydroxylation sites is 1. The number of hydrogen-bond donors (Lipinski definition) is 1. The van der Waals surface area contributed by atoms with Crippen molar-refractivity contribution in [2.45, 2.75) is 32.6 Å². The van der Waals surface area contributed by atoms with Crippen LogP contribution in [0, 0.1) is 12.8 Å². The zero-order valence-corrected chi connectivity index (χ0v) is 18.6. The summed E-state index contributed by atoms with van der Waals surface area (Å²) in [5.41, 5.74) is 5.10. The van der Waals surface area contributed by atoms with Gasteiger partial charge in [0.1, 0.15) is 0 Å². The average molecular weight is 431 g/mol. The van der Waals surface area contributed by atoms with E-state index in [1.807, 2.05) is 42.2 Å². The molecule has 2 heterocycles. The quantitative estimate of drug-likeness (QED) is 0.649. The van der Waals surface area contributed by atoms with Gasteiger partial charge < -0.3 is 9.80 Å². The van der Waals surface area contributed by atoms with Crippen molar-refractivity contribution in [3.8, 4) is 5.69 Å². The number of aryl methyl sites for hydroxylation is 2. The number of benzene rings is 2. The van der Waals surface area contributed by atoms with E-state index in [4.69, 9.17) is 0 Å². The molecule has 2 aliphatic rings. The maximum atomic E-state index is 13.2. The lowest BCUT2D eigenvalue weighted by atomic mass is 9.97. The van der Waals surface area contributed by atoms with Crippen molar-refractivity contribution in [3.63, 3.8) is 0 Å². The molecular formula is C26H30N4O2. The number of amides is 1. The van der Waals surface area contributed by atoms with E-state index in [9.17, 15) is 9.59 Å². The van der Waals surface area contributed by atoms with Gasteiger partial charge in [0.25, 0.3) is 5.56 Å². The Bertz CT molecular complexity index is 1140. The van der Waals surface area contributed by atoms with Crippen molar-refractivity contribution < 1.29 is 4.79 Å². The molecule has 1 fully saturated rings. The Morgan fingerprint density at radius 1 is 0.875 bits per heavy atom. The van der Waals surface area contributed by atoms with E-state index < -0.39 is 0 Å². The van der Waals surface area contributed by atoms with Crippen LogP contribution >= 0.6 is 0 Å². The first kappa shape index (κ1) is 20.6. The highest BCUT2D eigenvalue weighted by atomic mass is 16.2. The van der Waals surface area contributed by atoms with Crippen molar-refractivity contribution in [3.05, 3.63) is 81.8 Å². The first-order valence-electron chi connectivity index (χ1n) is 11.6.